The molecule has 4 rings (SSSR count). The van der Waals surface area contributed by atoms with Gasteiger partial charge >= 0.3 is 0 Å². The number of carbonyl (C=O) groups excluding carboxylic acids is 1. The van der Waals surface area contributed by atoms with Crippen LogP contribution in [0.5, 0.6) is 5.75 Å². The van der Waals surface area contributed by atoms with Crippen LogP contribution in [0, 0.1) is 0 Å². The molecule has 2 aliphatic rings. The van der Waals surface area contributed by atoms with E-state index in [2.05, 4.69) is 22.3 Å². The van der Waals surface area contributed by atoms with Gasteiger partial charge in [0, 0.05) is 50.9 Å². The number of amides is 1. The molecule has 2 aromatic rings. The molecule has 0 saturated carbocycles. The number of benzene rings is 2. The Morgan fingerprint density at radius 1 is 1.12 bits per heavy atom. The fourth-order valence-electron chi connectivity index (χ4n) is 4.78. The van der Waals surface area contributed by atoms with Crippen LogP contribution in [0.15, 0.2) is 36.4 Å². The molecule has 2 fully saturated rings. The summed E-state index contributed by atoms with van der Waals surface area (Å²) in [6.45, 7) is 3.80. The van der Waals surface area contributed by atoms with E-state index in [-0.39, 0.29) is 22.7 Å². The summed E-state index contributed by atoms with van der Waals surface area (Å²) in [7, 11) is 3.35. The van der Waals surface area contributed by atoms with E-state index in [1.54, 1.807) is 14.1 Å². The molecule has 34 heavy (non-hydrogen) atoms. The molecule has 0 unspecified atom stereocenters. The molecule has 2 heterocycles. The van der Waals surface area contributed by atoms with Gasteiger partial charge in [0.1, 0.15) is 5.75 Å². The normalized spacial score (nSPS) is 21.7. The van der Waals surface area contributed by atoms with Crippen molar-refractivity contribution in [2.45, 2.75) is 37.6 Å². The number of piperidine rings is 1. The molecule has 0 spiro atoms. The van der Waals surface area contributed by atoms with Crippen LogP contribution in [0.2, 0.25) is 10.0 Å². The van der Waals surface area contributed by atoms with E-state index in [0.29, 0.717) is 30.4 Å². The second kappa shape index (κ2) is 10.7. The Balaban J connectivity index is 1.36. The number of rotatable bonds is 6. The SMILES string of the molecule is CN(C)C(=O)c1cc(Cl)c(O)cc1N1C[C@H](NC2CCN(Cc3ccc(Cl)cc3)CC2)[C@@H](O)C1. The van der Waals surface area contributed by atoms with Crippen LogP contribution in [-0.2, 0) is 6.54 Å². The predicted molar refractivity (Wildman–Crippen MR) is 136 cm³/mol. The Kier molecular flexibility index (Phi) is 7.90. The van der Waals surface area contributed by atoms with Crippen molar-refractivity contribution >= 4 is 34.8 Å². The third-order valence-electron chi connectivity index (χ3n) is 6.69. The number of carbonyl (C=O) groups is 1. The number of halogens is 2. The molecule has 2 aromatic carbocycles. The highest BCUT2D eigenvalue weighted by Gasteiger charge is 2.35. The zero-order valence-corrected chi connectivity index (χ0v) is 21.1. The number of β-amino-alcohol motifs (C(OH)–C–C–N with tert-alkyl or cyclic N) is 1. The number of phenolic OH excluding ortho intramolecular Hbond substituents is 1. The van der Waals surface area contributed by atoms with E-state index in [1.165, 1.54) is 22.6 Å². The third-order valence-corrected chi connectivity index (χ3v) is 7.24. The summed E-state index contributed by atoms with van der Waals surface area (Å²) in [5, 5.41) is 25.5. The lowest BCUT2D eigenvalue weighted by Crippen LogP contribution is -2.49. The first-order valence-corrected chi connectivity index (χ1v) is 12.4. The second-order valence-corrected chi connectivity index (χ2v) is 10.3. The Labute approximate surface area is 210 Å². The van der Waals surface area contributed by atoms with Gasteiger partial charge in [-0.25, -0.2) is 0 Å². The van der Waals surface area contributed by atoms with Crippen LogP contribution < -0.4 is 10.2 Å². The first kappa shape index (κ1) is 25.1. The zero-order chi connectivity index (χ0) is 24.4. The van der Waals surface area contributed by atoms with Gasteiger partial charge in [-0.3, -0.25) is 9.69 Å². The van der Waals surface area contributed by atoms with Gasteiger partial charge in [0.25, 0.3) is 5.91 Å². The van der Waals surface area contributed by atoms with Crippen LogP contribution in [0.25, 0.3) is 0 Å². The molecule has 184 valence electrons. The maximum atomic E-state index is 12.7. The zero-order valence-electron chi connectivity index (χ0n) is 19.5. The van der Waals surface area contributed by atoms with Gasteiger partial charge in [0.05, 0.1) is 28.4 Å². The first-order chi connectivity index (χ1) is 16.2. The molecule has 9 heteroatoms. The molecule has 2 atom stereocenters. The number of nitrogens with zero attached hydrogens (tertiary/aromatic N) is 3. The summed E-state index contributed by atoms with van der Waals surface area (Å²) in [6.07, 6.45) is 1.43. The van der Waals surface area contributed by atoms with Crippen LogP contribution >= 0.6 is 23.2 Å². The Hall–Kier alpha value is -2.03. The molecule has 1 amide bonds. The minimum atomic E-state index is -0.577. The summed E-state index contributed by atoms with van der Waals surface area (Å²) < 4.78 is 0. The van der Waals surface area contributed by atoms with Gasteiger partial charge in [0.15, 0.2) is 0 Å². The maximum absolute atomic E-state index is 12.7. The number of aliphatic hydroxyl groups is 1. The molecular formula is C25H32Cl2N4O3. The minimum absolute atomic E-state index is 0.0778. The molecule has 0 bridgehead atoms. The fourth-order valence-corrected chi connectivity index (χ4v) is 5.07. The topological polar surface area (TPSA) is 79.3 Å². The van der Waals surface area contributed by atoms with Gasteiger partial charge in [-0.1, -0.05) is 35.3 Å². The third kappa shape index (κ3) is 5.78. The number of nitrogens with one attached hydrogen (secondary N) is 1. The predicted octanol–water partition coefficient (Wildman–Crippen LogP) is 3.20. The van der Waals surface area contributed by atoms with Crippen LogP contribution in [0.3, 0.4) is 0 Å². The number of aromatic hydroxyl groups is 1. The molecule has 3 N–H and O–H groups in total. The number of hydrogen-bond donors (Lipinski definition) is 3. The fraction of sp³-hybridized carbons (Fsp3) is 0.480. The van der Waals surface area contributed by atoms with E-state index in [1.807, 2.05) is 17.0 Å². The van der Waals surface area contributed by atoms with E-state index in [9.17, 15) is 15.0 Å². The van der Waals surface area contributed by atoms with Crippen LogP contribution in [0.4, 0.5) is 5.69 Å². The standard InChI is InChI=1S/C25H32Cl2N4O3/c1-29(2)25(34)19-11-20(27)23(32)12-22(19)31-14-21(24(33)15-31)28-18-7-9-30(10-8-18)13-16-3-5-17(26)6-4-16/h3-6,11-12,18,21,24,28,32-33H,7-10,13-15H2,1-2H3/t21-,24-/m0/s1. The second-order valence-electron chi connectivity index (χ2n) is 9.44. The highest BCUT2D eigenvalue weighted by atomic mass is 35.5. The van der Waals surface area contributed by atoms with Crippen molar-refractivity contribution in [1.82, 2.24) is 15.1 Å². The van der Waals surface area contributed by atoms with Crippen molar-refractivity contribution in [3.05, 3.63) is 57.6 Å². The summed E-state index contributed by atoms with van der Waals surface area (Å²) in [5.41, 5.74) is 2.25. The van der Waals surface area contributed by atoms with Crippen molar-refractivity contribution in [1.29, 1.82) is 0 Å². The molecule has 7 nitrogen and oxygen atoms in total. The van der Waals surface area contributed by atoms with E-state index < -0.39 is 6.10 Å². The number of aliphatic hydroxyl groups excluding tert-OH is 1. The molecule has 2 saturated heterocycles. The first-order valence-electron chi connectivity index (χ1n) is 11.6. The van der Waals surface area contributed by atoms with Gasteiger partial charge in [-0.15, -0.1) is 0 Å². The van der Waals surface area contributed by atoms with E-state index >= 15 is 0 Å². The number of anilines is 1. The van der Waals surface area contributed by atoms with Crippen molar-refractivity contribution < 1.29 is 15.0 Å². The van der Waals surface area contributed by atoms with E-state index in [4.69, 9.17) is 23.2 Å². The molecule has 0 radical (unpaired) electrons. The number of likely N-dealkylation sites (tertiary alicyclic amines) is 1. The van der Waals surface area contributed by atoms with Crippen LogP contribution in [-0.4, -0.2) is 84.4 Å². The highest BCUT2D eigenvalue weighted by Crippen LogP contribution is 2.35. The lowest BCUT2D eigenvalue weighted by Gasteiger charge is -2.34. The van der Waals surface area contributed by atoms with Crippen molar-refractivity contribution in [3.63, 3.8) is 0 Å². The number of phenols is 1. The lowest BCUT2D eigenvalue weighted by molar-refractivity contribution is 0.0828. The Morgan fingerprint density at radius 2 is 1.79 bits per heavy atom. The summed E-state index contributed by atoms with van der Waals surface area (Å²) in [6, 6.07) is 11.2. The smallest absolute Gasteiger partial charge is 0.255 e. The summed E-state index contributed by atoms with van der Waals surface area (Å²) >= 11 is 12.1. The molecule has 0 aromatic heterocycles. The largest absolute Gasteiger partial charge is 0.506 e. The van der Waals surface area contributed by atoms with Crippen LogP contribution in [0.1, 0.15) is 28.8 Å². The van der Waals surface area contributed by atoms with Crippen molar-refractivity contribution in [3.8, 4) is 5.75 Å². The van der Waals surface area contributed by atoms with Gasteiger partial charge in [-0.05, 0) is 49.7 Å². The maximum Gasteiger partial charge on any atom is 0.255 e. The molecule has 2 aliphatic heterocycles. The average Bonchev–Trinajstić information content (AvgIpc) is 3.17. The quantitative estimate of drug-likeness (QED) is 0.558. The Morgan fingerprint density at radius 3 is 2.44 bits per heavy atom. The highest BCUT2D eigenvalue weighted by molar-refractivity contribution is 6.32. The lowest BCUT2D eigenvalue weighted by atomic mass is 10.0. The van der Waals surface area contributed by atoms with E-state index in [0.717, 1.165) is 37.5 Å². The summed E-state index contributed by atoms with van der Waals surface area (Å²) in [5.74, 6) is -0.276. The van der Waals surface area contributed by atoms with Gasteiger partial charge < -0.3 is 25.3 Å². The van der Waals surface area contributed by atoms with Gasteiger partial charge in [0.2, 0.25) is 0 Å². The minimum Gasteiger partial charge on any atom is -0.506 e. The monoisotopic (exact) mass is 506 g/mol. The van der Waals surface area contributed by atoms with Crippen molar-refractivity contribution in [2.75, 3.05) is 45.2 Å². The Bertz CT molecular complexity index is 1010. The number of hydrogen-bond acceptors (Lipinski definition) is 6. The summed E-state index contributed by atoms with van der Waals surface area (Å²) in [4.78, 5) is 18.6. The van der Waals surface area contributed by atoms with Crippen molar-refractivity contribution in [2.24, 2.45) is 0 Å². The molecular weight excluding hydrogens is 475 g/mol. The van der Waals surface area contributed by atoms with Gasteiger partial charge in [-0.2, -0.15) is 0 Å². The molecule has 0 aliphatic carbocycles. The average molecular weight is 507 g/mol.